The van der Waals surface area contributed by atoms with Crippen LogP contribution < -0.4 is 10.6 Å². The first-order valence-corrected chi connectivity index (χ1v) is 10.3. The molecule has 6 atom stereocenters. The number of thioether (sulfide) groups is 1. The third-order valence-corrected chi connectivity index (χ3v) is 7.18. The van der Waals surface area contributed by atoms with Crippen LogP contribution in [-0.4, -0.2) is 70.6 Å². The van der Waals surface area contributed by atoms with Gasteiger partial charge in [-0.05, 0) is 27.3 Å². The molecule has 0 aromatic heterocycles. The molecule has 3 aliphatic heterocycles. The summed E-state index contributed by atoms with van der Waals surface area (Å²) in [5.41, 5.74) is 1.39. The Hall–Kier alpha value is -1.35. The van der Waals surface area contributed by atoms with E-state index in [0.717, 1.165) is 24.4 Å². The van der Waals surface area contributed by atoms with Gasteiger partial charge >= 0.3 is 5.97 Å². The summed E-state index contributed by atoms with van der Waals surface area (Å²) >= 11 is 1.58. The monoisotopic (exact) mass is 395 g/mol. The third-order valence-electron chi connectivity index (χ3n) is 5.67. The molecule has 0 unspecified atom stereocenters. The molecule has 3 rings (SSSR count). The van der Waals surface area contributed by atoms with Crippen LogP contribution in [0.25, 0.3) is 0 Å². The molecule has 8 heteroatoms. The van der Waals surface area contributed by atoms with Gasteiger partial charge in [0.25, 0.3) is 0 Å². The summed E-state index contributed by atoms with van der Waals surface area (Å²) in [4.78, 5) is 26.4. The molecule has 0 aliphatic carbocycles. The highest BCUT2D eigenvalue weighted by molar-refractivity contribution is 8.03. The molecule has 150 valence electrons. The number of rotatable bonds is 7. The number of hydrogen-bond donors (Lipinski definition) is 4. The number of fused-ring (bicyclic) bond motifs is 1. The lowest BCUT2D eigenvalue weighted by Gasteiger charge is -2.46. The van der Waals surface area contributed by atoms with Gasteiger partial charge < -0.3 is 25.7 Å². The fourth-order valence-corrected chi connectivity index (χ4v) is 5.98. The Morgan fingerprint density at radius 1 is 1.52 bits per heavy atom. The van der Waals surface area contributed by atoms with Crippen LogP contribution >= 0.6 is 11.8 Å². The Balaban J connectivity index is 1.74. The number of hydrogen-bond acceptors (Lipinski definition) is 6. The van der Waals surface area contributed by atoms with Gasteiger partial charge in [0.1, 0.15) is 5.70 Å². The Labute approximate surface area is 164 Å². The topological polar surface area (TPSA) is 102 Å². The van der Waals surface area contributed by atoms with Gasteiger partial charge in [-0.25, -0.2) is 4.79 Å². The van der Waals surface area contributed by atoms with Crippen molar-refractivity contribution >= 4 is 23.6 Å². The molecular formula is C19H29N3O4S. The number of aliphatic hydroxyl groups excluding tert-OH is 1. The summed E-state index contributed by atoms with van der Waals surface area (Å²) in [7, 11) is 1.92. The van der Waals surface area contributed by atoms with E-state index >= 15 is 0 Å². The van der Waals surface area contributed by atoms with Crippen molar-refractivity contribution in [3.63, 3.8) is 0 Å². The molecule has 3 heterocycles. The second kappa shape index (κ2) is 7.95. The van der Waals surface area contributed by atoms with Crippen molar-refractivity contribution in [3.05, 3.63) is 22.3 Å². The predicted molar refractivity (Wildman–Crippen MR) is 105 cm³/mol. The summed E-state index contributed by atoms with van der Waals surface area (Å²) in [6.45, 7) is 7.31. The summed E-state index contributed by atoms with van der Waals surface area (Å²) < 4.78 is 0. The van der Waals surface area contributed by atoms with Crippen molar-refractivity contribution in [2.45, 2.75) is 50.6 Å². The van der Waals surface area contributed by atoms with Crippen molar-refractivity contribution in [1.29, 1.82) is 0 Å². The maximum atomic E-state index is 12.4. The molecule has 3 aliphatic rings. The van der Waals surface area contributed by atoms with Crippen LogP contribution in [-0.2, 0) is 9.59 Å². The van der Waals surface area contributed by atoms with E-state index < -0.39 is 18.0 Å². The largest absolute Gasteiger partial charge is 0.477 e. The minimum absolute atomic E-state index is 0.0704. The first-order chi connectivity index (χ1) is 12.8. The molecule has 0 radical (unpaired) electrons. The summed E-state index contributed by atoms with van der Waals surface area (Å²) in [5.74, 6) is -1.91. The standard InChI is InChI=1S/C19H29N3O4S/c1-9(7-20-4)5-12-6-13(8-21-12)27-17-10(2)15-14(11(3)23)18(24)22(15)16(17)19(25)26/h5,10-15,20-21,23H,6-8H2,1-4H3,(H,25,26)/b9-5+/t10-,11-,12-,13+,14-,15-/m1/s1. The van der Waals surface area contributed by atoms with Gasteiger partial charge in [-0.15, -0.1) is 11.8 Å². The fraction of sp³-hybridized carbons (Fsp3) is 0.684. The van der Waals surface area contributed by atoms with E-state index in [1.165, 1.54) is 10.5 Å². The maximum Gasteiger partial charge on any atom is 0.353 e. The molecule has 1 amide bonds. The highest BCUT2D eigenvalue weighted by atomic mass is 32.2. The number of nitrogens with zero attached hydrogens (tertiary/aromatic N) is 1. The molecule has 27 heavy (non-hydrogen) atoms. The maximum absolute atomic E-state index is 12.4. The van der Waals surface area contributed by atoms with Crippen LogP contribution in [0.4, 0.5) is 0 Å². The van der Waals surface area contributed by atoms with E-state index in [4.69, 9.17) is 0 Å². The molecular weight excluding hydrogens is 366 g/mol. The number of amides is 1. The van der Waals surface area contributed by atoms with E-state index in [1.807, 2.05) is 14.0 Å². The van der Waals surface area contributed by atoms with E-state index in [9.17, 15) is 19.8 Å². The third kappa shape index (κ3) is 3.68. The van der Waals surface area contributed by atoms with E-state index in [1.54, 1.807) is 18.7 Å². The summed E-state index contributed by atoms with van der Waals surface area (Å²) in [5, 5.41) is 26.5. The predicted octanol–water partition coefficient (Wildman–Crippen LogP) is 0.770. The number of carboxylic acid groups (broad SMARTS) is 1. The average Bonchev–Trinajstić information content (AvgIpc) is 3.10. The Morgan fingerprint density at radius 3 is 2.81 bits per heavy atom. The quantitative estimate of drug-likeness (QED) is 0.373. The molecule has 0 aromatic rings. The van der Waals surface area contributed by atoms with E-state index in [2.05, 4.69) is 23.6 Å². The normalized spacial score (nSPS) is 34.7. The van der Waals surface area contributed by atoms with Crippen LogP contribution in [0, 0.1) is 11.8 Å². The summed E-state index contributed by atoms with van der Waals surface area (Å²) in [6.07, 6.45) is 2.38. The minimum Gasteiger partial charge on any atom is -0.477 e. The van der Waals surface area contributed by atoms with Crippen LogP contribution in [0.15, 0.2) is 22.3 Å². The number of likely N-dealkylation sites (N-methyl/N-ethyl adjacent to an activating group) is 1. The van der Waals surface area contributed by atoms with Gasteiger partial charge in [0, 0.05) is 35.2 Å². The molecule has 0 aromatic carbocycles. The van der Waals surface area contributed by atoms with Gasteiger partial charge in [-0.2, -0.15) is 0 Å². The zero-order valence-electron chi connectivity index (χ0n) is 16.2. The molecule has 7 nitrogen and oxygen atoms in total. The van der Waals surface area contributed by atoms with E-state index in [0.29, 0.717) is 0 Å². The number of nitrogens with one attached hydrogen (secondary N) is 2. The van der Waals surface area contributed by atoms with Gasteiger partial charge in [0.05, 0.1) is 18.1 Å². The smallest absolute Gasteiger partial charge is 0.353 e. The number of carbonyl (C=O) groups is 2. The molecule has 4 N–H and O–H groups in total. The second-order valence-corrected chi connectivity index (χ2v) is 9.15. The van der Waals surface area contributed by atoms with Gasteiger partial charge in [-0.3, -0.25) is 4.79 Å². The lowest BCUT2D eigenvalue weighted by atomic mass is 9.79. The number of aliphatic carboxylic acids is 1. The Morgan fingerprint density at radius 2 is 2.22 bits per heavy atom. The number of β-lactam (4-membered cyclic amide) rings is 1. The zero-order chi connectivity index (χ0) is 19.9. The van der Waals surface area contributed by atoms with Gasteiger partial charge in [-0.1, -0.05) is 18.6 Å². The molecule has 2 saturated heterocycles. The van der Waals surface area contributed by atoms with Crippen molar-refractivity contribution in [1.82, 2.24) is 15.5 Å². The van der Waals surface area contributed by atoms with Crippen molar-refractivity contribution in [3.8, 4) is 0 Å². The van der Waals surface area contributed by atoms with Crippen molar-refractivity contribution < 1.29 is 19.8 Å². The van der Waals surface area contributed by atoms with Gasteiger partial charge in [0.2, 0.25) is 5.91 Å². The first kappa shape index (κ1) is 20.4. The van der Waals surface area contributed by atoms with Gasteiger partial charge in [0.15, 0.2) is 0 Å². The van der Waals surface area contributed by atoms with E-state index in [-0.39, 0.29) is 34.9 Å². The molecule has 0 bridgehead atoms. The fourth-order valence-electron chi connectivity index (χ4n) is 4.49. The molecule has 2 fully saturated rings. The van der Waals surface area contributed by atoms with Crippen LogP contribution in [0.2, 0.25) is 0 Å². The summed E-state index contributed by atoms with van der Waals surface area (Å²) in [6, 6.07) is 0.0411. The lowest BCUT2D eigenvalue weighted by molar-refractivity contribution is -0.163. The number of aliphatic hydroxyl groups is 1. The second-order valence-electron chi connectivity index (χ2n) is 7.81. The van der Waals surface area contributed by atoms with Crippen LogP contribution in [0.1, 0.15) is 27.2 Å². The first-order valence-electron chi connectivity index (χ1n) is 9.46. The Bertz CT molecular complexity index is 690. The zero-order valence-corrected chi connectivity index (χ0v) is 17.0. The molecule has 0 spiro atoms. The van der Waals surface area contributed by atoms with Crippen molar-refractivity contribution in [2.75, 3.05) is 20.1 Å². The van der Waals surface area contributed by atoms with Crippen LogP contribution in [0.3, 0.4) is 0 Å². The minimum atomic E-state index is -1.06. The SMILES string of the molecule is CNC/C(C)=C/[C@@H]1C[C@H](SC2=C(C(=O)O)N3C(=O)[C@H]([C@@H](C)O)[C@H]3[C@H]2C)CN1. The Kier molecular flexibility index (Phi) is 6.00. The highest BCUT2D eigenvalue weighted by Crippen LogP contribution is 2.51. The highest BCUT2D eigenvalue weighted by Gasteiger charge is 2.60. The van der Waals surface area contributed by atoms with Crippen molar-refractivity contribution in [2.24, 2.45) is 11.8 Å². The number of carbonyl (C=O) groups excluding carboxylic acids is 1. The lowest BCUT2D eigenvalue weighted by Crippen LogP contribution is -2.63. The van der Waals surface area contributed by atoms with Crippen LogP contribution in [0.5, 0.6) is 0 Å². The average molecular weight is 396 g/mol. The molecule has 0 saturated carbocycles. The number of carboxylic acids is 1.